The number of rotatable bonds is 3. The standard InChI is InChI=1S/C38H25N3S2/c1-3-12-25(13-4-1)29-23-30(26-14-5-2-6-15-26)40-38(39-29)41-31-21-19-24-11-7-8-16-27(24)35(31)28-20-22-34-37(36(28)41)43-33-18-10-9-17-32(33)42-34/h1-18,20,22-23H,19,21H2. The highest BCUT2D eigenvalue weighted by atomic mass is 32.2. The van der Waals surface area contributed by atoms with Crippen molar-refractivity contribution in [3.63, 3.8) is 0 Å². The molecule has 0 atom stereocenters. The summed E-state index contributed by atoms with van der Waals surface area (Å²) in [6, 6.07) is 45.3. The Morgan fingerprint density at radius 2 is 1.19 bits per heavy atom. The van der Waals surface area contributed by atoms with Crippen molar-refractivity contribution in [2.24, 2.45) is 0 Å². The zero-order valence-electron chi connectivity index (χ0n) is 23.2. The number of benzene rings is 5. The second-order valence-electron chi connectivity index (χ2n) is 10.9. The fourth-order valence-corrected chi connectivity index (χ4v) is 8.83. The van der Waals surface area contributed by atoms with E-state index in [1.165, 1.54) is 52.9 Å². The lowest BCUT2D eigenvalue weighted by Crippen LogP contribution is -2.11. The van der Waals surface area contributed by atoms with Crippen molar-refractivity contribution in [1.29, 1.82) is 0 Å². The van der Waals surface area contributed by atoms with Crippen LogP contribution in [-0.2, 0) is 12.8 Å². The molecule has 2 aromatic heterocycles. The van der Waals surface area contributed by atoms with Crippen molar-refractivity contribution in [2.45, 2.75) is 32.4 Å². The maximum atomic E-state index is 5.31. The van der Waals surface area contributed by atoms with Crippen LogP contribution in [0.4, 0.5) is 0 Å². The molecule has 0 radical (unpaired) electrons. The molecule has 0 bridgehead atoms. The Bertz CT molecular complexity index is 2130. The van der Waals surface area contributed by atoms with E-state index < -0.39 is 0 Å². The summed E-state index contributed by atoms with van der Waals surface area (Å²) in [7, 11) is 0. The number of hydrogen-bond acceptors (Lipinski definition) is 4. The van der Waals surface area contributed by atoms with E-state index in [0.717, 1.165) is 41.3 Å². The molecule has 3 nitrogen and oxygen atoms in total. The average molecular weight is 588 g/mol. The van der Waals surface area contributed by atoms with Gasteiger partial charge in [0.1, 0.15) is 0 Å². The molecule has 0 unspecified atom stereocenters. The largest absolute Gasteiger partial charge is 0.280 e. The van der Waals surface area contributed by atoms with Gasteiger partial charge in [0.25, 0.3) is 0 Å². The first-order chi connectivity index (χ1) is 21.3. The number of hydrogen-bond donors (Lipinski definition) is 0. The molecule has 1 aliphatic carbocycles. The van der Waals surface area contributed by atoms with Crippen LogP contribution in [0.3, 0.4) is 0 Å². The van der Waals surface area contributed by atoms with Gasteiger partial charge >= 0.3 is 0 Å². The summed E-state index contributed by atoms with van der Waals surface area (Å²) in [5.41, 5.74) is 10.6. The van der Waals surface area contributed by atoms with Gasteiger partial charge in [0.2, 0.25) is 5.95 Å². The second kappa shape index (κ2) is 10.0. The first kappa shape index (κ1) is 25.0. The molecule has 0 N–H and O–H groups in total. The molecule has 5 heteroatoms. The molecular weight excluding hydrogens is 563 g/mol. The molecular formula is C38H25N3S2. The zero-order chi connectivity index (χ0) is 28.3. The van der Waals surface area contributed by atoms with E-state index in [2.05, 4.69) is 132 Å². The van der Waals surface area contributed by atoms with Crippen molar-refractivity contribution in [2.75, 3.05) is 0 Å². The number of fused-ring (bicyclic) bond motifs is 8. The molecule has 5 aromatic carbocycles. The third-order valence-electron chi connectivity index (χ3n) is 8.40. The van der Waals surface area contributed by atoms with E-state index in [-0.39, 0.29) is 0 Å². The Morgan fingerprint density at radius 1 is 0.558 bits per heavy atom. The molecule has 9 rings (SSSR count). The number of aryl methyl sites for hydroxylation is 1. The summed E-state index contributed by atoms with van der Waals surface area (Å²) >= 11 is 3.73. The molecule has 0 fully saturated rings. The molecule has 3 heterocycles. The fraction of sp³-hybridized carbons (Fsp3) is 0.0526. The van der Waals surface area contributed by atoms with Gasteiger partial charge in [0, 0.05) is 42.5 Å². The smallest absolute Gasteiger partial charge is 0.235 e. The lowest BCUT2D eigenvalue weighted by atomic mass is 9.88. The van der Waals surface area contributed by atoms with E-state index in [9.17, 15) is 0 Å². The molecule has 7 aromatic rings. The van der Waals surface area contributed by atoms with Crippen molar-refractivity contribution >= 4 is 34.4 Å². The van der Waals surface area contributed by atoms with Gasteiger partial charge in [0.15, 0.2) is 0 Å². The van der Waals surface area contributed by atoms with Gasteiger partial charge < -0.3 is 0 Å². The predicted octanol–water partition coefficient (Wildman–Crippen LogP) is 10.1. The predicted molar refractivity (Wildman–Crippen MR) is 177 cm³/mol. The zero-order valence-corrected chi connectivity index (χ0v) is 24.8. The van der Waals surface area contributed by atoms with Crippen molar-refractivity contribution < 1.29 is 0 Å². The van der Waals surface area contributed by atoms with Gasteiger partial charge in [-0.3, -0.25) is 4.57 Å². The van der Waals surface area contributed by atoms with Gasteiger partial charge in [0.05, 0.1) is 21.8 Å². The normalized spacial score (nSPS) is 13.2. The molecule has 0 amide bonds. The van der Waals surface area contributed by atoms with Gasteiger partial charge in [-0.25, -0.2) is 9.97 Å². The molecule has 2 aliphatic rings. The minimum atomic E-state index is 0.726. The minimum absolute atomic E-state index is 0.726. The molecule has 1 aliphatic heterocycles. The maximum absolute atomic E-state index is 5.31. The lowest BCUT2D eigenvalue weighted by Gasteiger charge is -2.21. The highest BCUT2D eigenvalue weighted by Crippen LogP contribution is 2.54. The first-order valence-corrected chi connectivity index (χ1v) is 16.2. The molecule has 0 saturated heterocycles. The summed E-state index contributed by atoms with van der Waals surface area (Å²) in [5.74, 6) is 0.726. The topological polar surface area (TPSA) is 30.7 Å². The molecule has 204 valence electrons. The summed E-state index contributed by atoms with van der Waals surface area (Å²) < 4.78 is 2.39. The average Bonchev–Trinajstić information content (AvgIpc) is 3.43. The van der Waals surface area contributed by atoms with Crippen LogP contribution in [0.5, 0.6) is 0 Å². The summed E-state index contributed by atoms with van der Waals surface area (Å²) in [6.45, 7) is 0. The van der Waals surface area contributed by atoms with Crippen LogP contribution in [0.25, 0.3) is 50.5 Å². The lowest BCUT2D eigenvalue weighted by molar-refractivity contribution is 0.829. The molecule has 43 heavy (non-hydrogen) atoms. The van der Waals surface area contributed by atoms with Gasteiger partial charge in [-0.05, 0) is 48.2 Å². The Balaban J connectivity index is 1.38. The third-order valence-corrected chi connectivity index (χ3v) is 11.0. The Kier molecular flexibility index (Phi) is 5.81. The summed E-state index contributed by atoms with van der Waals surface area (Å²) in [6.07, 6.45) is 1.93. The van der Waals surface area contributed by atoms with Gasteiger partial charge in [-0.2, -0.15) is 0 Å². The molecule has 0 saturated carbocycles. The van der Waals surface area contributed by atoms with E-state index >= 15 is 0 Å². The quantitative estimate of drug-likeness (QED) is 0.206. The van der Waals surface area contributed by atoms with E-state index in [1.807, 2.05) is 23.5 Å². The minimum Gasteiger partial charge on any atom is -0.280 e. The Morgan fingerprint density at radius 3 is 1.91 bits per heavy atom. The number of nitrogens with zero attached hydrogens (tertiary/aromatic N) is 3. The van der Waals surface area contributed by atoms with Crippen LogP contribution in [0.1, 0.15) is 11.3 Å². The van der Waals surface area contributed by atoms with Crippen LogP contribution in [0.2, 0.25) is 0 Å². The van der Waals surface area contributed by atoms with Crippen molar-refractivity contribution in [3.05, 3.63) is 139 Å². The van der Waals surface area contributed by atoms with E-state index in [0.29, 0.717) is 0 Å². The van der Waals surface area contributed by atoms with E-state index in [4.69, 9.17) is 9.97 Å². The SMILES string of the molecule is c1ccc(-c2cc(-c3ccccc3)nc(-n3c4c(c5ccc6c(c53)Sc3ccccc3S6)-c3ccccc3CC4)n2)cc1. The highest BCUT2D eigenvalue weighted by Gasteiger charge is 2.30. The number of aromatic nitrogens is 3. The monoisotopic (exact) mass is 587 g/mol. The van der Waals surface area contributed by atoms with Crippen LogP contribution in [0.15, 0.2) is 147 Å². The highest BCUT2D eigenvalue weighted by molar-refractivity contribution is 8.05. The Hall–Kier alpha value is -4.58. The first-order valence-electron chi connectivity index (χ1n) is 14.6. The third kappa shape index (κ3) is 4.07. The summed E-state index contributed by atoms with van der Waals surface area (Å²) in [5, 5.41) is 1.27. The van der Waals surface area contributed by atoms with Crippen LogP contribution in [0, 0.1) is 0 Å². The summed E-state index contributed by atoms with van der Waals surface area (Å²) in [4.78, 5) is 15.8. The van der Waals surface area contributed by atoms with Crippen molar-refractivity contribution in [3.8, 4) is 39.6 Å². The van der Waals surface area contributed by atoms with E-state index in [1.54, 1.807) is 0 Å². The van der Waals surface area contributed by atoms with Crippen LogP contribution >= 0.6 is 23.5 Å². The fourth-order valence-electron chi connectivity index (χ4n) is 6.45. The van der Waals surface area contributed by atoms with Crippen molar-refractivity contribution in [1.82, 2.24) is 14.5 Å². The van der Waals surface area contributed by atoms with Gasteiger partial charge in [-0.15, -0.1) is 0 Å². The van der Waals surface area contributed by atoms with Gasteiger partial charge in [-0.1, -0.05) is 127 Å². The van der Waals surface area contributed by atoms with Crippen LogP contribution < -0.4 is 0 Å². The maximum Gasteiger partial charge on any atom is 0.235 e. The second-order valence-corrected chi connectivity index (χ2v) is 13.1. The Labute approximate surface area is 258 Å². The molecule has 0 spiro atoms. The van der Waals surface area contributed by atoms with Crippen LogP contribution in [-0.4, -0.2) is 14.5 Å².